The summed E-state index contributed by atoms with van der Waals surface area (Å²) in [6, 6.07) is 7.10. The number of rotatable bonds is 4. The van der Waals surface area contributed by atoms with Gasteiger partial charge in [-0.3, -0.25) is 4.57 Å². The summed E-state index contributed by atoms with van der Waals surface area (Å²) in [5.41, 5.74) is 0.898. The van der Waals surface area contributed by atoms with Gasteiger partial charge >= 0.3 is 6.18 Å². The Morgan fingerprint density at radius 3 is 2.52 bits per heavy atom. The summed E-state index contributed by atoms with van der Waals surface area (Å²) in [7, 11) is 1.42. The van der Waals surface area contributed by atoms with Crippen LogP contribution in [0.1, 0.15) is 24.2 Å². The van der Waals surface area contributed by atoms with Crippen LogP contribution < -0.4 is 9.64 Å². The Balaban J connectivity index is 1.73. The largest absolute Gasteiger partial charge is 0.481 e. The molecule has 1 aliphatic rings. The van der Waals surface area contributed by atoms with Gasteiger partial charge in [0.25, 0.3) is 0 Å². The highest BCUT2D eigenvalue weighted by Gasteiger charge is 2.42. The van der Waals surface area contributed by atoms with E-state index in [4.69, 9.17) is 16.3 Å². The van der Waals surface area contributed by atoms with E-state index in [1.165, 1.54) is 37.6 Å². The number of ether oxygens (including phenoxy) is 1. The number of hydrogen-bond acceptors (Lipinski definition) is 5. The van der Waals surface area contributed by atoms with Crippen molar-refractivity contribution in [2.45, 2.75) is 19.0 Å². The second kappa shape index (κ2) is 7.99. The molecule has 3 aromatic rings. The second-order valence-electron chi connectivity index (χ2n) is 7.37. The van der Waals surface area contributed by atoms with Crippen LogP contribution in [0.4, 0.5) is 23.5 Å². The molecule has 0 aliphatic carbocycles. The first kappa shape index (κ1) is 21.4. The van der Waals surface area contributed by atoms with Gasteiger partial charge in [0, 0.05) is 30.1 Å². The van der Waals surface area contributed by atoms with Crippen LogP contribution in [0.5, 0.6) is 5.88 Å². The Bertz CT molecular complexity index is 1090. The third-order valence-electron chi connectivity index (χ3n) is 5.34. The van der Waals surface area contributed by atoms with E-state index < -0.39 is 17.8 Å². The molecular weight excluding hydrogens is 438 g/mol. The second-order valence-corrected chi connectivity index (χ2v) is 7.78. The predicted octanol–water partition coefficient (Wildman–Crippen LogP) is 4.72. The summed E-state index contributed by atoms with van der Waals surface area (Å²) in [6.45, 7) is 2.74. The molecule has 31 heavy (non-hydrogen) atoms. The van der Waals surface area contributed by atoms with Crippen LogP contribution in [0.3, 0.4) is 0 Å². The maximum atomic E-state index is 13.6. The monoisotopic (exact) mass is 455 g/mol. The van der Waals surface area contributed by atoms with E-state index >= 15 is 0 Å². The van der Waals surface area contributed by atoms with Crippen molar-refractivity contribution in [2.24, 2.45) is 5.92 Å². The zero-order valence-corrected chi connectivity index (χ0v) is 17.3. The average molecular weight is 456 g/mol. The van der Waals surface area contributed by atoms with Gasteiger partial charge in [-0.25, -0.2) is 9.37 Å². The van der Waals surface area contributed by atoms with Gasteiger partial charge in [-0.1, -0.05) is 24.6 Å². The van der Waals surface area contributed by atoms with Gasteiger partial charge < -0.3 is 9.64 Å². The number of nitrogens with zero attached hydrogens (tertiary/aromatic N) is 5. The molecule has 1 saturated heterocycles. The molecule has 0 bridgehead atoms. The maximum absolute atomic E-state index is 13.6. The number of aromatic nitrogens is 4. The number of methoxy groups -OCH3 is 1. The van der Waals surface area contributed by atoms with Crippen molar-refractivity contribution < 1.29 is 22.3 Å². The molecule has 0 N–H and O–H groups in total. The van der Waals surface area contributed by atoms with E-state index in [2.05, 4.69) is 15.2 Å². The fourth-order valence-corrected chi connectivity index (χ4v) is 4.17. The van der Waals surface area contributed by atoms with Crippen molar-refractivity contribution in [3.05, 3.63) is 58.8 Å². The first-order valence-corrected chi connectivity index (χ1v) is 9.79. The van der Waals surface area contributed by atoms with E-state index in [0.717, 1.165) is 10.1 Å². The molecule has 0 amide bonds. The molecular formula is C20H18ClF4N5O. The van der Waals surface area contributed by atoms with E-state index in [0.29, 0.717) is 13.1 Å². The molecule has 0 radical (unpaired) electrons. The lowest BCUT2D eigenvalue weighted by atomic mass is 9.90. The summed E-state index contributed by atoms with van der Waals surface area (Å²) in [5, 5.41) is 7.55. The van der Waals surface area contributed by atoms with Gasteiger partial charge in [0.15, 0.2) is 0 Å². The first-order valence-electron chi connectivity index (χ1n) is 9.42. The smallest absolute Gasteiger partial charge is 0.452 e. The van der Waals surface area contributed by atoms with Crippen LogP contribution in [-0.2, 0) is 6.18 Å². The lowest BCUT2D eigenvalue weighted by Crippen LogP contribution is -2.25. The van der Waals surface area contributed by atoms with Crippen molar-refractivity contribution in [3.8, 4) is 11.6 Å². The summed E-state index contributed by atoms with van der Waals surface area (Å²) < 4.78 is 60.3. The average Bonchev–Trinajstić information content (AvgIpc) is 3.32. The molecule has 2 aromatic heterocycles. The number of pyridine rings is 1. The fraction of sp³-hybridized carbons (Fsp3) is 0.350. The highest BCUT2D eigenvalue weighted by atomic mass is 35.5. The normalized spacial score (nSPS) is 19.1. The summed E-state index contributed by atoms with van der Waals surface area (Å²) in [5.74, 6) is -1.35. The summed E-state index contributed by atoms with van der Waals surface area (Å²) in [6.07, 6.45) is -3.44. The maximum Gasteiger partial charge on any atom is 0.452 e. The highest BCUT2D eigenvalue weighted by Crippen LogP contribution is 2.40. The molecule has 0 spiro atoms. The lowest BCUT2D eigenvalue weighted by Gasteiger charge is -2.20. The van der Waals surface area contributed by atoms with Gasteiger partial charge in [0.1, 0.15) is 5.82 Å². The predicted molar refractivity (Wildman–Crippen MR) is 106 cm³/mol. The standard InChI is InChI=1S/C20H18ClF4N5O/c1-11-9-29(10-15(11)14-5-3-12(22)7-16(14)21)19-28-27-18(20(23,24)25)30(19)13-4-6-17(31-2)26-8-13/h3-8,11,15H,9-10H2,1-2H3/t11-,15-/m0/s1. The minimum Gasteiger partial charge on any atom is -0.481 e. The van der Waals surface area contributed by atoms with Crippen LogP contribution in [-0.4, -0.2) is 39.9 Å². The Labute approximate surface area is 180 Å². The topological polar surface area (TPSA) is 56.1 Å². The number of halogens is 5. The molecule has 0 saturated carbocycles. The zero-order valence-electron chi connectivity index (χ0n) is 16.6. The molecule has 1 aromatic carbocycles. The molecule has 6 nitrogen and oxygen atoms in total. The zero-order chi connectivity index (χ0) is 22.3. The fourth-order valence-electron chi connectivity index (χ4n) is 3.86. The Morgan fingerprint density at radius 2 is 1.90 bits per heavy atom. The van der Waals surface area contributed by atoms with Crippen LogP contribution in [0.25, 0.3) is 5.69 Å². The van der Waals surface area contributed by atoms with Crippen molar-refractivity contribution in [1.29, 1.82) is 0 Å². The molecule has 2 atom stereocenters. The van der Waals surface area contributed by atoms with Gasteiger partial charge in [0.05, 0.1) is 19.0 Å². The van der Waals surface area contributed by atoms with Gasteiger partial charge in [0.2, 0.25) is 17.7 Å². The quantitative estimate of drug-likeness (QED) is 0.533. The third kappa shape index (κ3) is 4.04. The first-order chi connectivity index (χ1) is 14.7. The minimum absolute atomic E-state index is 0.0384. The van der Waals surface area contributed by atoms with Crippen molar-refractivity contribution in [3.63, 3.8) is 0 Å². The van der Waals surface area contributed by atoms with Crippen LogP contribution >= 0.6 is 11.6 Å². The summed E-state index contributed by atoms with van der Waals surface area (Å²) >= 11 is 6.23. The Kier molecular flexibility index (Phi) is 5.50. The highest BCUT2D eigenvalue weighted by molar-refractivity contribution is 6.31. The van der Waals surface area contributed by atoms with Gasteiger partial charge in [-0.2, -0.15) is 13.2 Å². The van der Waals surface area contributed by atoms with Crippen molar-refractivity contribution in [2.75, 3.05) is 25.1 Å². The lowest BCUT2D eigenvalue weighted by molar-refractivity contribution is -0.146. The number of benzene rings is 1. The van der Waals surface area contributed by atoms with E-state index in [9.17, 15) is 17.6 Å². The molecule has 164 valence electrons. The Morgan fingerprint density at radius 1 is 1.13 bits per heavy atom. The molecule has 4 rings (SSSR count). The van der Waals surface area contributed by atoms with E-state index in [1.54, 1.807) is 11.0 Å². The van der Waals surface area contributed by atoms with Crippen LogP contribution in [0.2, 0.25) is 5.02 Å². The van der Waals surface area contributed by atoms with E-state index in [-0.39, 0.29) is 34.4 Å². The van der Waals surface area contributed by atoms with Crippen molar-refractivity contribution >= 4 is 17.5 Å². The van der Waals surface area contributed by atoms with Crippen LogP contribution in [0.15, 0.2) is 36.5 Å². The van der Waals surface area contributed by atoms with Crippen molar-refractivity contribution in [1.82, 2.24) is 19.7 Å². The molecule has 1 fully saturated rings. The van der Waals surface area contributed by atoms with E-state index in [1.807, 2.05) is 6.92 Å². The third-order valence-corrected chi connectivity index (χ3v) is 5.67. The molecule has 1 aliphatic heterocycles. The van der Waals surface area contributed by atoms with Gasteiger partial charge in [-0.05, 0) is 29.7 Å². The van der Waals surface area contributed by atoms with Crippen LogP contribution in [0, 0.1) is 11.7 Å². The SMILES string of the molecule is COc1ccc(-n2c(N3C[C@H](c4ccc(F)cc4Cl)[C@@H](C)C3)nnc2C(F)(F)F)cn1. The number of anilines is 1. The molecule has 11 heteroatoms. The molecule has 3 heterocycles. The summed E-state index contributed by atoms with van der Waals surface area (Å²) in [4.78, 5) is 5.73. The minimum atomic E-state index is -4.71. The Hall–Kier alpha value is -2.88. The molecule has 0 unspecified atom stereocenters. The number of hydrogen-bond donors (Lipinski definition) is 0. The van der Waals surface area contributed by atoms with Gasteiger partial charge in [-0.15, -0.1) is 10.2 Å². The number of alkyl halides is 3.